The van der Waals surface area contributed by atoms with Gasteiger partial charge in [0.05, 0.1) is 11.2 Å². The zero-order valence-corrected chi connectivity index (χ0v) is 18.7. The predicted molar refractivity (Wildman–Crippen MR) is 135 cm³/mol. The molecule has 1 aliphatic heterocycles. The molecule has 4 aromatic rings. The number of rotatable bonds is 1. The van der Waals surface area contributed by atoms with Crippen molar-refractivity contribution in [2.75, 3.05) is 0 Å². The van der Waals surface area contributed by atoms with Crippen LogP contribution in [0.5, 0.6) is 0 Å². The van der Waals surface area contributed by atoms with Crippen molar-refractivity contribution in [1.29, 1.82) is 0 Å². The Morgan fingerprint density at radius 3 is 2.66 bits per heavy atom. The first kappa shape index (κ1) is 18.3. The molecule has 0 spiro atoms. The summed E-state index contributed by atoms with van der Waals surface area (Å²) in [7, 11) is 0. The third kappa shape index (κ3) is 2.29. The van der Waals surface area contributed by atoms with Gasteiger partial charge in [0.25, 0.3) is 0 Å². The zero-order valence-electron chi connectivity index (χ0n) is 18.7. The van der Waals surface area contributed by atoms with E-state index in [4.69, 9.17) is 0 Å². The molecule has 0 N–H and O–H groups in total. The Bertz CT molecular complexity index is 1470. The van der Waals surface area contributed by atoms with Gasteiger partial charge in [0.2, 0.25) is 0 Å². The number of allylic oxidation sites excluding steroid dienone is 2. The van der Waals surface area contributed by atoms with Crippen LogP contribution in [-0.4, -0.2) is 4.57 Å². The standard InChI is InChI=1S/C31H27N/c1-31(2)26-14-5-6-16-29(26)32-28-18-17-21(19-25(28)24-13-8-15-27(31)30(24)32)23-12-7-10-20-9-3-4-11-22(20)23/h4-8,10-18,21H,3,9,19H2,1-2H3. The van der Waals surface area contributed by atoms with Crippen LogP contribution in [0, 0.1) is 0 Å². The lowest BCUT2D eigenvalue weighted by Crippen LogP contribution is -2.26. The highest BCUT2D eigenvalue weighted by Gasteiger charge is 2.36. The van der Waals surface area contributed by atoms with Crippen molar-refractivity contribution in [2.24, 2.45) is 0 Å². The van der Waals surface area contributed by atoms with Gasteiger partial charge in [-0.05, 0) is 64.8 Å². The van der Waals surface area contributed by atoms with Gasteiger partial charge >= 0.3 is 0 Å². The molecule has 0 bridgehead atoms. The van der Waals surface area contributed by atoms with E-state index in [1.54, 1.807) is 0 Å². The molecule has 1 heteroatoms. The summed E-state index contributed by atoms with van der Waals surface area (Å²) in [5.41, 5.74) is 12.9. The number of benzene rings is 3. The summed E-state index contributed by atoms with van der Waals surface area (Å²) in [6, 6.07) is 22.8. The molecular formula is C31H27N. The Morgan fingerprint density at radius 1 is 0.875 bits per heavy atom. The lowest BCUT2D eigenvalue weighted by Gasteiger charge is -2.34. The molecule has 1 nitrogen and oxygen atoms in total. The first-order valence-corrected chi connectivity index (χ1v) is 11.9. The Hall–Kier alpha value is -3.32. The third-order valence-electron chi connectivity index (χ3n) is 8.03. The lowest BCUT2D eigenvalue weighted by molar-refractivity contribution is 0.628. The molecule has 2 aliphatic carbocycles. The van der Waals surface area contributed by atoms with E-state index in [1.807, 2.05) is 0 Å². The van der Waals surface area contributed by atoms with Crippen LogP contribution < -0.4 is 0 Å². The molecule has 7 rings (SSSR count). The number of hydrogen-bond donors (Lipinski definition) is 0. The van der Waals surface area contributed by atoms with Crippen molar-refractivity contribution in [3.05, 3.63) is 112 Å². The van der Waals surface area contributed by atoms with E-state index in [0.29, 0.717) is 5.92 Å². The van der Waals surface area contributed by atoms with E-state index in [9.17, 15) is 0 Å². The van der Waals surface area contributed by atoms with Gasteiger partial charge in [0.15, 0.2) is 0 Å². The average molecular weight is 414 g/mol. The molecule has 32 heavy (non-hydrogen) atoms. The molecule has 1 aromatic heterocycles. The largest absolute Gasteiger partial charge is 0.309 e. The lowest BCUT2D eigenvalue weighted by atomic mass is 9.74. The van der Waals surface area contributed by atoms with Crippen LogP contribution in [0.1, 0.15) is 65.3 Å². The van der Waals surface area contributed by atoms with Crippen molar-refractivity contribution < 1.29 is 0 Å². The third-order valence-corrected chi connectivity index (χ3v) is 8.03. The number of hydrogen-bond acceptors (Lipinski definition) is 0. The molecule has 3 aromatic carbocycles. The minimum absolute atomic E-state index is 0.000531. The van der Waals surface area contributed by atoms with Gasteiger partial charge in [0.1, 0.15) is 0 Å². The number of aryl methyl sites for hydroxylation is 1. The molecule has 0 saturated heterocycles. The highest BCUT2D eigenvalue weighted by Crippen LogP contribution is 2.48. The molecule has 2 heterocycles. The van der Waals surface area contributed by atoms with Crippen LogP contribution in [0.15, 0.2) is 72.8 Å². The molecule has 1 unspecified atom stereocenters. The maximum Gasteiger partial charge on any atom is 0.0578 e. The van der Waals surface area contributed by atoms with Crippen molar-refractivity contribution in [3.8, 4) is 5.69 Å². The molecule has 0 fully saturated rings. The van der Waals surface area contributed by atoms with Gasteiger partial charge in [0, 0.05) is 22.4 Å². The molecule has 3 aliphatic rings. The molecule has 0 saturated carbocycles. The Labute approximate surface area is 189 Å². The number of fused-ring (bicyclic) bond motifs is 6. The first-order chi connectivity index (χ1) is 15.6. The van der Waals surface area contributed by atoms with E-state index >= 15 is 0 Å². The number of para-hydroxylation sites is 2. The maximum absolute atomic E-state index is 2.54. The van der Waals surface area contributed by atoms with Crippen LogP contribution in [0.2, 0.25) is 0 Å². The van der Waals surface area contributed by atoms with Crippen molar-refractivity contribution in [1.82, 2.24) is 4.57 Å². The summed E-state index contributed by atoms with van der Waals surface area (Å²) in [6.07, 6.45) is 12.9. The van der Waals surface area contributed by atoms with Crippen LogP contribution in [0.25, 0.3) is 28.7 Å². The predicted octanol–water partition coefficient (Wildman–Crippen LogP) is 7.58. The second-order valence-corrected chi connectivity index (χ2v) is 10.1. The van der Waals surface area contributed by atoms with E-state index in [2.05, 4.69) is 103 Å². The minimum Gasteiger partial charge on any atom is -0.309 e. The maximum atomic E-state index is 2.54. The van der Waals surface area contributed by atoms with Crippen molar-refractivity contribution in [2.45, 2.75) is 44.4 Å². The van der Waals surface area contributed by atoms with Crippen molar-refractivity contribution in [3.63, 3.8) is 0 Å². The minimum atomic E-state index is -0.000531. The molecule has 1 atom stereocenters. The van der Waals surface area contributed by atoms with E-state index in [1.165, 1.54) is 55.7 Å². The van der Waals surface area contributed by atoms with E-state index in [0.717, 1.165) is 19.3 Å². The topological polar surface area (TPSA) is 4.93 Å². The quantitative estimate of drug-likeness (QED) is 0.303. The summed E-state index contributed by atoms with van der Waals surface area (Å²) in [5.74, 6) is 0.423. The highest BCUT2D eigenvalue weighted by molar-refractivity contribution is 5.96. The normalized spacial score (nSPS) is 19.5. The van der Waals surface area contributed by atoms with E-state index in [-0.39, 0.29) is 5.41 Å². The first-order valence-electron chi connectivity index (χ1n) is 11.9. The molecule has 156 valence electrons. The summed E-state index contributed by atoms with van der Waals surface area (Å²) >= 11 is 0. The SMILES string of the molecule is CC1(C)c2ccccc2-n2c3c(c4cccc1c42)CC(c1cccc2c1C=CCC2)C=C3. The van der Waals surface area contributed by atoms with Gasteiger partial charge in [-0.2, -0.15) is 0 Å². The van der Waals surface area contributed by atoms with Gasteiger partial charge in [-0.25, -0.2) is 0 Å². The van der Waals surface area contributed by atoms with Gasteiger partial charge < -0.3 is 4.57 Å². The molecular weight excluding hydrogens is 386 g/mol. The smallest absolute Gasteiger partial charge is 0.0578 e. The summed E-state index contributed by atoms with van der Waals surface area (Å²) in [5, 5.41) is 1.43. The average Bonchev–Trinajstić information content (AvgIpc) is 3.17. The van der Waals surface area contributed by atoms with Crippen LogP contribution in [0.4, 0.5) is 0 Å². The van der Waals surface area contributed by atoms with Gasteiger partial charge in [-0.3, -0.25) is 0 Å². The second kappa shape index (κ2) is 6.36. The zero-order chi connectivity index (χ0) is 21.4. The Balaban J connectivity index is 1.47. The fourth-order valence-electron chi connectivity index (χ4n) is 6.43. The number of aromatic nitrogens is 1. The summed E-state index contributed by atoms with van der Waals surface area (Å²) in [6.45, 7) is 4.74. The summed E-state index contributed by atoms with van der Waals surface area (Å²) in [4.78, 5) is 0. The van der Waals surface area contributed by atoms with Crippen LogP contribution >= 0.6 is 0 Å². The second-order valence-electron chi connectivity index (χ2n) is 10.1. The van der Waals surface area contributed by atoms with Crippen molar-refractivity contribution >= 4 is 23.1 Å². The van der Waals surface area contributed by atoms with Crippen LogP contribution in [0.3, 0.4) is 0 Å². The monoisotopic (exact) mass is 413 g/mol. The van der Waals surface area contributed by atoms with E-state index < -0.39 is 0 Å². The van der Waals surface area contributed by atoms with Crippen LogP contribution in [-0.2, 0) is 18.3 Å². The fraction of sp³-hybridized carbons (Fsp3) is 0.226. The Morgan fingerprint density at radius 2 is 1.72 bits per heavy atom. The molecule has 0 amide bonds. The Kier molecular flexibility index (Phi) is 3.63. The van der Waals surface area contributed by atoms with Gasteiger partial charge in [-0.15, -0.1) is 0 Å². The number of nitrogens with zero attached hydrogens (tertiary/aromatic N) is 1. The summed E-state index contributed by atoms with van der Waals surface area (Å²) < 4.78 is 2.54. The van der Waals surface area contributed by atoms with Gasteiger partial charge in [-0.1, -0.05) is 86.7 Å². The highest BCUT2D eigenvalue weighted by atomic mass is 15.0. The molecule has 0 radical (unpaired) electrons. The fourth-order valence-corrected chi connectivity index (χ4v) is 6.43.